The van der Waals surface area contributed by atoms with E-state index in [1.165, 1.54) is 6.92 Å². The summed E-state index contributed by atoms with van der Waals surface area (Å²) in [7, 11) is 0. The van der Waals surface area contributed by atoms with Crippen LogP contribution in [0.2, 0.25) is 0 Å². The first-order chi connectivity index (χ1) is 11.6. The molecule has 4 heteroatoms. The molecule has 0 aliphatic heterocycles. The Kier molecular flexibility index (Phi) is 4.38. The molecule has 0 spiro atoms. The molecule has 0 aliphatic carbocycles. The van der Waals surface area contributed by atoms with Gasteiger partial charge in [0, 0.05) is 23.1 Å². The van der Waals surface area contributed by atoms with Gasteiger partial charge in [-0.25, -0.2) is 4.98 Å². The molecule has 2 aromatic carbocycles. The van der Waals surface area contributed by atoms with Crippen molar-refractivity contribution >= 4 is 22.5 Å². The molecule has 0 aliphatic rings. The number of benzene rings is 2. The fraction of sp³-hybridized carbons (Fsp3) is 0.150. The van der Waals surface area contributed by atoms with Gasteiger partial charge in [-0.05, 0) is 19.1 Å². The van der Waals surface area contributed by atoms with E-state index in [0.29, 0.717) is 16.8 Å². The number of fused-ring (bicyclic) bond motifs is 1. The minimum atomic E-state index is -0.775. The Bertz CT molecular complexity index is 903. The highest BCUT2D eigenvalue weighted by Gasteiger charge is 2.25. The van der Waals surface area contributed by atoms with Crippen molar-refractivity contribution in [1.82, 2.24) is 4.98 Å². The Morgan fingerprint density at radius 1 is 1.00 bits per heavy atom. The lowest BCUT2D eigenvalue weighted by Gasteiger charge is -2.13. The molecule has 0 radical (unpaired) electrons. The molecule has 0 saturated heterocycles. The normalized spacial score (nSPS) is 12.0. The zero-order chi connectivity index (χ0) is 17.1. The zero-order valence-electron chi connectivity index (χ0n) is 13.3. The highest BCUT2D eigenvalue weighted by Crippen LogP contribution is 2.24. The van der Waals surface area contributed by atoms with Gasteiger partial charge in [-0.15, -0.1) is 0 Å². The van der Waals surface area contributed by atoms with Gasteiger partial charge in [-0.1, -0.05) is 48.5 Å². The molecule has 3 aromatic rings. The Hall–Kier alpha value is -3.01. The van der Waals surface area contributed by atoms with E-state index in [0.717, 1.165) is 5.39 Å². The summed E-state index contributed by atoms with van der Waals surface area (Å²) in [6, 6.07) is 17.6. The lowest BCUT2D eigenvalue weighted by molar-refractivity contribution is -0.119. The quantitative estimate of drug-likeness (QED) is 0.576. The van der Waals surface area contributed by atoms with E-state index in [1.54, 1.807) is 42.5 Å². The Morgan fingerprint density at radius 3 is 2.46 bits per heavy atom. The summed E-state index contributed by atoms with van der Waals surface area (Å²) < 4.78 is 0. The second-order valence-corrected chi connectivity index (χ2v) is 5.75. The molecule has 1 heterocycles. The molecule has 1 aromatic heterocycles. The smallest absolute Gasteiger partial charge is 0.173 e. The van der Waals surface area contributed by atoms with Crippen molar-refractivity contribution in [3.8, 4) is 5.75 Å². The second-order valence-electron chi connectivity index (χ2n) is 5.75. The van der Waals surface area contributed by atoms with Crippen LogP contribution in [-0.4, -0.2) is 21.7 Å². The first kappa shape index (κ1) is 15.9. The molecule has 24 heavy (non-hydrogen) atoms. The van der Waals surface area contributed by atoms with Crippen molar-refractivity contribution in [2.75, 3.05) is 0 Å². The van der Waals surface area contributed by atoms with Crippen molar-refractivity contribution in [2.45, 2.75) is 13.3 Å². The summed E-state index contributed by atoms with van der Waals surface area (Å²) >= 11 is 0. The van der Waals surface area contributed by atoms with Crippen molar-refractivity contribution in [1.29, 1.82) is 0 Å². The summed E-state index contributed by atoms with van der Waals surface area (Å²) in [6.45, 7) is 1.42. The monoisotopic (exact) mass is 319 g/mol. The van der Waals surface area contributed by atoms with Gasteiger partial charge in [-0.3, -0.25) is 9.59 Å². The van der Waals surface area contributed by atoms with Crippen LogP contribution in [0.15, 0.2) is 60.7 Å². The van der Waals surface area contributed by atoms with E-state index in [2.05, 4.69) is 4.98 Å². The maximum absolute atomic E-state index is 12.6. The van der Waals surface area contributed by atoms with Crippen molar-refractivity contribution in [3.63, 3.8) is 0 Å². The Labute approximate surface area is 139 Å². The number of Topliss-reactive ketones (excluding diaryl/α,β-unsaturated/α-hetero) is 2. The largest absolute Gasteiger partial charge is 0.506 e. The predicted molar refractivity (Wildman–Crippen MR) is 92.1 cm³/mol. The zero-order valence-corrected chi connectivity index (χ0v) is 13.3. The number of rotatable bonds is 5. The van der Waals surface area contributed by atoms with E-state index in [4.69, 9.17) is 0 Å². The van der Waals surface area contributed by atoms with Gasteiger partial charge in [-0.2, -0.15) is 0 Å². The molecule has 1 unspecified atom stereocenters. The summed E-state index contributed by atoms with van der Waals surface area (Å²) in [5, 5.41) is 10.7. The number of hydrogen-bond acceptors (Lipinski definition) is 4. The van der Waals surface area contributed by atoms with Crippen LogP contribution >= 0.6 is 0 Å². The van der Waals surface area contributed by atoms with Gasteiger partial charge in [0.2, 0.25) is 0 Å². The number of pyridine rings is 1. The first-order valence-electron chi connectivity index (χ1n) is 7.73. The second kappa shape index (κ2) is 6.62. The molecular weight excluding hydrogens is 302 g/mol. The van der Waals surface area contributed by atoms with Crippen molar-refractivity contribution in [2.24, 2.45) is 5.92 Å². The van der Waals surface area contributed by atoms with Crippen molar-refractivity contribution in [3.05, 3.63) is 71.9 Å². The molecule has 0 fully saturated rings. The minimum Gasteiger partial charge on any atom is -0.506 e. The van der Waals surface area contributed by atoms with Gasteiger partial charge >= 0.3 is 0 Å². The maximum Gasteiger partial charge on any atom is 0.173 e. The SMILES string of the molecule is CC(=O)C(Cc1ccc2cccc(O)c2n1)C(=O)c1ccccc1. The van der Waals surface area contributed by atoms with Gasteiger partial charge in [0.25, 0.3) is 0 Å². The maximum atomic E-state index is 12.6. The summed E-state index contributed by atoms with van der Waals surface area (Å²) in [5.74, 6) is -1.09. The Balaban J connectivity index is 1.93. The van der Waals surface area contributed by atoms with E-state index >= 15 is 0 Å². The van der Waals surface area contributed by atoms with E-state index in [9.17, 15) is 14.7 Å². The molecule has 120 valence electrons. The lowest BCUT2D eigenvalue weighted by atomic mass is 9.90. The van der Waals surface area contributed by atoms with E-state index in [-0.39, 0.29) is 23.7 Å². The third-order valence-electron chi connectivity index (χ3n) is 4.04. The fourth-order valence-electron chi connectivity index (χ4n) is 2.72. The number of phenolic OH excluding ortho intramolecular Hbond substituents is 1. The van der Waals surface area contributed by atoms with Crippen LogP contribution in [0.4, 0.5) is 0 Å². The number of nitrogens with zero attached hydrogens (tertiary/aromatic N) is 1. The summed E-state index contributed by atoms with van der Waals surface area (Å²) in [6.07, 6.45) is 0.216. The predicted octanol–water partition coefficient (Wildman–Crippen LogP) is 3.57. The average Bonchev–Trinajstić information content (AvgIpc) is 2.60. The lowest BCUT2D eigenvalue weighted by Crippen LogP contribution is -2.25. The summed E-state index contributed by atoms with van der Waals surface area (Å²) in [5.41, 5.74) is 1.60. The van der Waals surface area contributed by atoms with Gasteiger partial charge in [0.05, 0.1) is 5.92 Å². The number of carbonyl (C=O) groups excluding carboxylic acids is 2. The molecule has 3 rings (SSSR count). The molecule has 0 bridgehead atoms. The first-order valence-corrected chi connectivity index (χ1v) is 7.73. The van der Waals surface area contributed by atoms with E-state index in [1.807, 2.05) is 18.2 Å². The third kappa shape index (κ3) is 3.18. The van der Waals surface area contributed by atoms with Gasteiger partial charge in [0.1, 0.15) is 17.0 Å². The highest BCUT2D eigenvalue weighted by atomic mass is 16.3. The number of ketones is 2. The molecule has 1 atom stereocenters. The number of phenols is 1. The van der Waals surface area contributed by atoms with Crippen LogP contribution in [-0.2, 0) is 11.2 Å². The molecule has 1 N–H and O–H groups in total. The number of hydrogen-bond donors (Lipinski definition) is 1. The third-order valence-corrected chi connectivity index (χ3v) is 4.04. The van der Waals surface area contributed by atoms with Gasteiger partial charge < -0.3 is 5.11 Å². The van der Waals surface area contributed by atoms with Crippen LogP contribution in [0.3, 0.4) is 0 Å². The number of aromatic hydroxyl groups is 1. The summed E-state index contributed by atoms with van der Waals surface area (Å²) in [4.78, 5) is 29.0. The van der Waals surface area contributed by atoms with Crippen LogP contribution in [0, 0.1) is 5.92 Å². The number of para-hydroxylation sites is 1. The van der Waals surface area contributed by atoms with Gasteiger partial charge in [0.15, 0.2) is 5.78 Å². The van der Waals surface area contributed by atoms with Crippen LogP contribution in [0.25, 0.3) is 10.9 Å². The molecular formula is C20H17NO3. The van der Waals surface area contributed by atoms with Crippen LogP contribution in [0.1, 0.15) is 23.0 Å². The molecule has 0 saturated carbocycles. The van der Waals surface area contributed by atoms with Crippen molar-refractivity contribution < 1.29 is 14.7 Å². The average molecular weight is 319 g/mol. The standard InChI is InChI=1S/C20H17NO3/c1-13(22)17(20(24)15-6-3-2-4-7-15)12-16-11-10-14-8-5-9-18(23)19(14)21-16/h2-11,17,23H,12H2,1H3. The molecule has 0 amide bonds. The fourth-order valence-corrected chi connectivity index (χ4v) is 2.72. The van der Waals surface area contributed by atoms with Crippen LogP contribution < -0.4 is 0 Å². The Morgan fingerprint density at radius 2 is 1.75 bits per heavy atom. The number of carbonyl (C=O) groups is 2. The minimum absolute atomic E-state index is 0.0862. The van der Waals surface area contributed by atoms with E-state index < -0.39 is 5.92 Å². The highest BCUT2D eigenvalue weighted by molar-refractivity contribution is 6.10. The topological polar surface area (TPSA) is 67.3 Å². The molecule has 4 nitrogen and oxygen atoms in total. The number of aromatic nitrogens is 1. The van der Waals surface area contributed by atoms with Crippen LogP contribution in [0.5, 0.6) is 5.75 Å².